The zero-order valence-corrected chi connectivity index (χ0v) is 11.7. The number of aromatic nitrogens is 3. The van der Waals surface area contributed by atoms with E-state index in [2.05, 4.69) is 15.2 Å². The molecule has 0 saturated carbocycles. The quantitative estimate of drug-likeness (QED) is 0.819. The van der Waals surface area contributed by atoms with Crippen molar-refractivity contribution in [3.63, 3.8) is 0 Å². The summed E-state index contributed by atoms with van der Waals surface area (Å²) in [5, 5.41) is 7.23. The van der Waals surface area contributed by atoms with Gasteiger partial charge in [-0.2, -0.15) is 0 Å². The van der Waals surface area contributed by atoms with Crippen LogP contribution in [0.2, 0.25) is 0 Å². The van der Waals surface area contributed by atoms with Crippen LogP contribution in [0.4, 0.5) is 0 Å². The van der Waals surface area contributed by atoms with E-state index < -0.39 is 0 Å². The van der Waals surface area contributed by atoms with Crippen LogP contribution in [-0.4, -0.2) is 26.3 Å². The van der Waals surface area contributed by atoms with Gasteiger partial charge in [0.1, 0.15) is 0 Å². The largest absolute Gasteiger partial charge is 0.369 e. The summed E-state index contributed by atoms with van der Waals surface area (Å²) in [5.41, 5.74) is 7.47. The highest BCUT2D eigenvalue weighted by molar-refractivity contribution is 8.00. The first-order valence-electron chi connectivity index (χ1n) is 6.05. The molecule has 1 atom stereocenters. The maximum absolute atomic E-state index is 11.2. The molecule has 0 aliphatic carbocycles. The summed E-state index contributed by atoms with van der Waals surface area (Å²) in [5.74, 6) is 0.357. The van der Waals surface area contributed by atoms with E-state index in [-0.39, 0.29) is 11.2 Å². The summed E-state index contributed by atoms with van der Waals surface area (Å²) in [4.78, 5) is 15.6. The molecule has 0 spiro atoms. The molecule has 1 unspecified atom stereocenters. The number of nitrogens with two attached hydrogens (primary N) is 1. The van der Waals surface area contributed by atoms with Gasteiger partial charge in [-0.05, 0) is 13.3 Å². The molecule has 19 heavy (non-hydrogen) atoms. The number of hydrogen-bond acceptors (Lipinski definition) is 4. The van der Waals surface area contributed by atoms with E-state index in [0.717, 1.165) is 5.56 Å². The lowest BCUT2D eigenvalue weighted by atomic mass is 10.1. The lowest BCUT2D eigenvalue weighted by Gasteiger charge is -2.05. The Hall–Kier alpha value is -1.82. The fourth-order valence-electron chi connectivity index (χ4n) is 1.61. The van der Waals surface area contributed by atoms with Gasteiger partial charge in [-0.3, -0.25) is 9.89 Å². The number of carbonyl (C=O) groups is 1. The summed E-state index contributed by atoms with van der Waals surface area (Å²) in [6.07, 6.45) is 0.661. The minimum atomic E-state index is -0.339. The fourth-order valence-corrected chi connectivity index (χ4v) is 2.39. The van der Waals surface area contributed by atoms with Crippen LogP contribution in [-0.2, 0) is 4.79 Å². The first-order chi connectivity index (χ1) is 9.10. The highest BCUT2D eigenvalue weighted by Crippen LogP contribution is 2.24. The minimum Gasteiger partial charge on any atom is -0.369 e. The molecular formula is C13H16N4OS. The van der Waals surface area contributed by atoms with Gasteiger partial charge in [0.15, 0.2) is 5.82 Å². The number of benzene rings is 1. The zero-order chi connectivity index (χ0) is 13.8. The molecule has 1 aromatic heterocycles. The average Bonchev–Trinajstić information content (AvgIpc) is 2.85. The number of amides is 1. The lowest BCUT2D eigenvalue weighted by molar-refractivity contribution is -0.117. The first kappa shape index (κ1) is 13.6. The molecule has 0 radical (unpaired) electrons. The third-order valence-corrected chi connectivity index (χ3v) is 3.97. The van der Waals surface area contributed by atoms with Gasteiger partial charge in [-0.1, -0.05) is 48.5 Å². The molecular weight excluding hydrogens is 260 g/mol. The molecule has 1 amide bonds. The Morgan fingerprint density at radius 1 is 1.42 bits per heavy atom. The van der Waals surface area contributed by atoms with Crippen LogP contribution in [0.5, 0.6) is 0 Å². The lowest BCUT2D eigenvalue weighted by Crippen LogP contribution is -2.24. The topological polar surface area (TPSA) is 84.7 Å². The molecule has 6 heteroatoms. The van der Waals surface area contributed by atoms with Gasteiger partial charge in [0.25, 0.3) is 0 Å². The summed E-state index contributed by atoms with van der Waals surface area (Å²) in [6, 6.07) is 8.00. The van der Waals surface area contributed by atoms with Crippen LogP contribution in [0.15, 0.2) is 29.4 Å². The second-order valence-corrected chi connectivity index (χ2v) is 5.42. The number of carbonyl (C=O) groups excluding carboxylic acids is 1. The molecule has 0 aliphatic rings. The molecule has 2 rings (SSSR count). The molecule has 0 aliphatic heterocycles. The molecule has 3 N–H and O–H groups in total. The molecule has 5 nitrogen and oxygen atoms in total. The third-order valence-electron chi connectivity index (χ3n) is 2.73. The Morgan fingerprint density at radius 3 is 2.68 bits per heavy atom. The first-order valence-corrected chi connectivity index (χ1v) is 6.93. The van der Waals surface area contributed by atoms with Crippen LogP contribution < -0.4 is 5.73 Å². The van der Waals surface area contributed by atoms with Crippen molar-refractivity contribution in [3.8, 4) is 11.4 Å². The molecule has 1 aromatic carbocycles. The van der Waals surface area contributed by atoms with Crippen LogP contribution in [0.25, 0.3) is 11.4 Å². The van der Waals surface area contributed by atoms with Crippen molar-refractivity contribution in [3.05, 3.63) is 29.8 Å². The number of primary amides is 1. The number of H-pyrrole nitrogens is 1. The number of thioether (sulfide) groups is 1. The van der Waals surface area contributed by atoms with Crippen LogP contribution in [0.1, 0.15) is 18.9 Å². The van der Waals surface area contributed by atoms with Crippen molar-refractivity contribution in [1.82, 2.24) is 15.2 Å². The Bertz CT molecular complexity index is 564. The maximum atomic E-state index is 11.2. The Morgan fingerprint density at radius 2 is 2.11 bits per heavy atom. The fraction of sp³-hybridized carbons (Fsp3) is 0.308. The summed E-state index contributed by atoms with van der Waals surface area (Å²) in [6.45, 7) is 3.94. The molecule has 2 aromatic rings. The van der Waals surface area contributed by atoms with Crippen molar-refractivity contribution in [2.75, 3.05) is 0 Å². The predicted molar refractivity (Wildman–Crippen MR) is 75.7 cm³/mol. The number of hydrogen-bond donors (Lipinski definition) is 2. The molecule has 0 saturated heterocycles. The second-order valence-electron chi connectivity index (χ2n) is 4.25. The van der Waals surface area contributed by atoms with Gasteiger partial charge in [-0.15, -0.1) is 5.10 Å². The van der Waals surface area contributed by atoms with Gasteiger partial charge in [0, 0.05) is 5.56 Å². The van der Waals surface area contributed by atoms with Gasteiger partial charge in [-0.25, -0.2) is 4.98 Å². The van der Waals surface area contributed by atoms with Crippen molar-refractivity contribution in [2.45, 2.75) is 30.7 Å². The van der Waals surface area contributed by atoms with E-state index in [1.54, 1.807) is 0 Å². The second kappa shape index (κ2) is 5.88. The van der Waals surface area contributed by atoms with Gasteiger partial charge >= 0.3 is 0 Å². The Kier molecular flexibility index (Phi) is 4.21. The number of rotatable bonds is 5. The predicted octanol–water partition coefficient (Wildman–Crippen LogP) is 2.14. The van der Waals surface area contributed by atoms with Crippen molar-refractivity contribution in [1.29, 1.82) is 0 Å². The normalized spacial score (nSPS) is 12.3. The zero-order valence-electron chi connectivity index (χ0n) is 10.9. The van der Waals surface area contributed by atoms with E-state index in [9.17, 15) is 4.79 Å². The van der Waals surface area contributed by atoms with E-state index in [1.165, 1.54) is 17.3 Å². The minimum absolute atomic E-state index is 0.290. The van der Waals surface area contributed by atoms with E-state index in [1.807, 2.05) is 38.1 Å². The highest BCUT2D eigenvalue weighted by atomic mass is 32.2. The third kappa shape index (κ3) is 3.35. The van der Waals surface area contributed by atoms with E-state index >= 15 is 0 Å². The molecule has 0 bridgehead atoms. The summed E-state index contributed by atoms with van der Waals surface area (Å²) < 4.78 is 0. The number of nitrogens with zero attached hydrogens (tertiary/aromatic N) is 2. The molecule has 100 valence electrons. The number of aryl methyl sites for hydroxylation is 1. The van der Waals surface area contributed by atoms with Crippen LogP contribution >= 0.6 is 11.8 Å². The average molecular weight is 276 g/mol. The van der Waals surface area contributed by atoms with Crippen molar-refractivity contribution < 1.29 is 4.79 Å². The Labute approximate surface area is 116 Å². The van der Waals surface area contributed by atoms with Gasteiger partial charge < -0.3 is 5.73 Å². The standard InChI is InChI=1S/C13H16N4OS/c1-3-10(11(14)18)19-13-15-12(16-17-13)9-6-4-8(2)5-7-9/h4-7,10H,3H2,1-2H3,(H2,14,18)(H,15,16,17). The van der Waals surface area contributed by atoms with E-state index in [0.29, 0.717) is 17.4 Å². The number of nitrogens with one attached hydrogen (secondary N) is 1. The summed E-state index contributed by atoms with van der Waals surface area (Å²) >= 11 is 1.29. The van der Waals surface area contributed by atoms with Gasteiger partial charge in [0.05, 0.1) is 5.25 Å². The van der Waals surface area contributed by atoms with E-state index in [4.69, 9.17) is 5.73 Å². The molecule has 0 fully saturated rings. The van der Waals surface area contributed by atoms with Crippen LogP contribution in [0.3, 0.4) is 0 Å². The number of aromatic amines is 1. The highest BCUT2D eigenvalue weighted by Gasteiger charge is 2.17. The van der Waals surface area contributed by atoms with Crippen LogP contribution in [0, 0.1) is 6.92 Å². The van der Waals surface area contributed by atoms with Gasteiger partial charge in [0.2, 0.25) is 11.1 Å². The summed E-state index contributed by atoms with van der Waals surface area (Å²) in [7, 11) is 0. The Balaban J connectivity index is 2.15. The SMILES string of the molecule is CCC(Sc1n[nH]c(-c2ccc(C)cc2)n1)C(N)=O. The maximum Gasteiger partial charge on any atom is 0.231 e. The monoisotopic (exact) mass is 276 g/mol. The van der Waals surface area contributed by atoms with Crippen molar-refractivity contribution >= 4 is 17.7 Å². The smallest absolute Gasteiger partial charge is 0.231 e. The van der Waals surface area contributed by atoms with Crippen molar-refractivity contribution in [2.24, 2.45) is 5.73 Å². The molecule has 1 heterocycles.